The zero-order valence-corrected chi connectivity index (χ0v) is 16.0. The molecule has 0 unspecified atom stereocenters. The van der Waals surface area contributed by atoms with E-state index in [2.05, 4.69) is 20.0 Å². The summed E-state index contributed by atoms with van der Waals surface area (Å²) in [7, 11) is -2.07. The summed E-state index contributed by atoms with van der Waals surface area (Å²) in [5.41, 5.74) is 2.70. The lowest BCUT2D eigenvalue weighted by Gasteiger charge is -2.11. The zero-order valence-electron chi connectivity index (χ0n) is 15.2. The Kier molecular flexibility index (Phi) is 5.57. The van der Waals surface area contributed by atoms with Gasteiger partial charge in [-0.2, -0.15) is 0 Å². The fourth-order valence-corrected chi connectivity index (χ4v) is 3.50. The van der Waals surface area contributed by atoms with Crippen LogP contribution in [0.2, 0.25) is 0 Å². The predicted octanol–water partition coefficient (Wildman–Crippen LogP) is 2.28. The predicted molar refractivity (Wildman–Crippen MR) is 104 cm³/mol. The molecule has 0 saturated heterocycles. The molecule has 0 aliphatic rings. The molecule has 1 aromatic heterocycles. The standard InChI is InChI=1S/C19H22N4O3S/c1-13(19-22-16-5-3-4-6-17(16)23-19)21-18(24)12-9-14-7-10-15(11-8-14)27(25,26)20-2/h3-8,10-11,13,20H,9,12H2,1-2H3,(H,21,24)(H,22,23)/t13-/m0/s1. The lowest BCUT2D eigenvalue weighted by atomic mass is 10.1. The number of benzene rings is 2. The van der Waals surface area contributed by atoms with Crippen LogP contribution in [0.4, 0.5) is 0 Å². The minimum atomic E-state index is -3.44. The van der Waals surface area contributed by atoms with Crippen LogP contribution in [0.25, 0.3) is 11.0 Å². The molecule has 0 aliphatic heterocycles. The molecule has 0 radical (unpaired) electrons. The van der Waals surface area contributed by atoms with Gasteiger partial charge in [0.2, 0.25) is 15.9 Å². The molecular formula is C19H22N4O3S. The third-order valence-electron chi connectivity index (χ3n) is 4.34. The van der Waals surface area contributed by atoms with Gasteiger partial charge >= 0.3 is 0 Å². The quantitative estimate of drug-likeness (QED) is 0.579. The first-order chi connectivity index (χ1) is 12.9. The maximum absolute atomic E-state index is 12.2. The van der Waals surface area contributed by atoms with E-state index in [4.69, 9.17) is 0 Å². The van der Waals surface area contributed by atoms with E-state index in [1.54, 1.807) is 12.1 Å². The summed E-state index contributed by atoms with van der Waals surface area (Å²) in [6, 6.07) is 14.0. The molecule has 1 amide bonds. The molecule has 1 atom stereocenters. The van der Waals surface area contributed by atoms with Crippen molar-refractivity contribution in [3.63, 3.8) is 0 Å². The van der Waals surface area contributed by atoms with Gasteiger partial charge in [0.05, 0.1) is 22.0 Å². The van der Waals surface area contributed by atoms with Crippen molar-refractivity contribution in [1.82, 2.24) is 20.0 Å². The summed E-state index contributed by atoms with van der Waals surface area (Å²) in [6.45, 7) is 1.88. The number of rotatable bonds is 7. The minimum absolute atomic E-state index is 0.0881. The van der Waals surface area contributed by atoms with Gasteiger partial charge in [-0.25, -0.2) is 18.1 Å². The molecule has 0 bridgehead atoms. The number of aryl methyl sites for hydroxylation is 1. The first-order valence-electron chi connectivity index (χ1n) is 8.65. The van der Waals surface area contributed by atoms with E-state index in [1.807, 2.05) is 31.2 Å². The van der Waals surface area contributed by atoms with Gasteiger partial charge in [0, 0.05) is 6.42 Å². The summed E-state index contributed by atoms with van der Waals surface area (Å²) < 4.78 is 25.7. The molecule has 27 heavy (non-hydrogen) atoms. The minimum Gasteiger partial charge on any atom is -0.346 e. The number of hydrogen-bond acceptors (Lipinski definition) is 4. The van der Waals surface area contributed by atoms with Gasteiger partial charge < -0.3 is 10.3 Å². The number of nitrogens with one attached hydrogen (secondary N) is 3. The molecule has 3 rings (SSSR count). The third-order valence-corrected chi connectivity index (χ3v) is 5.77. The maximum Gasteiger partial charge on any atom is 0.240 e. The molecule has 1 heterocycles. The van der Waals surface area contributed by atoms with Crippen LogP contribution in [0.15, 0.2) is 53.4 Å². The van der Waals surface area contributed by atoms with Crippen LogP contribution in [0.3, 0.4) is 0 Å². The van der Waals surface area contributed by atoms with Crippen LogP contribution < -0.4 is 10.0 Å². The number of carbonyl (C=O) groups excluding carboxylic acids is 1. The van der Waals surface area contributed by atoms with Gasteiger partial charge in [-0.3, -0.25) is 4.79 Å². The van der Waals surface area contributed by atoms with Crippen molar-refractivity contribution in [3.05, 3.63) is 59.9 Å². The van der Waals surface area contributed by atoms with Crippen LogP contribution in [-0.4, -0.2) is 31.3 Å². The molecule has 0 spiro atoms. The molecule has 3 N–H and O–H groups in total. The number of fused-ring (bicyclic) bond motifs is 1. The Hall–Kier alpha value is -2.71. The molecule has 0 saturated carbocycles. The number of sulfonamides is 1. The monoisotopic (exact) mass is 386 g/mol. The maximum atomic E-state index is 12.2. The lowest BCUT2D eigenvalue weighted by molar-refractivity contribution is -0.121. The van der Waals surface area contributed by atoms with Crippen LogP contribution in [0.5, 0.6) is 0 Å². The van der Waals surface area contributed by atoms with E-state index in [0.717, 1.165) is 16.6 Å². The smallest absolute Gasteiger partial charge is 0.240 e. The van der Waals surface area contributed by atoms with E-state index >= 15 is 0 Å². The van der Waals surface area contributed by atoms with Crippen molar-refractivity contribution in [1.29, 1.82) is 0 Å². The number of nitrogens with zero attached hydrogens (tertiary/aromatic N) is 1. The highest BCUT2D eigenvalue weighted by molar-refractivity contribution is 7.89. The van der Waals surface area contributed by atoms with Crippen molar-refractivity contribution >= 4 is 27.0 Å². The topological polar surface area (TPSA) is 104 Å². The number of amides is 1. The second-order valence-electron chi connectivity index (χ2n) is 6.28. The molecule has 8 heteroatoms. The van der Waals surface area contributed by atoms with Gasteiger partial charge in [0.1, 0.15) is 5.82 Å². The molecule has 142 valence electrons. The highest BCUT2D eigenvalue weighted by atomic mass is 32.2. The first kappa shape index (κ1) is 19.1. The number of aromatic amines is 1. The Labute approximate surface area is 158 Å². The van der Waals surface area contributed by atoms with Crippen molar-refractivity contribution < 1.29 is 13.2 Å². The third kappa shape index (κ3) is 4.53. The summed E-state index contributed by atoms with van der Waals surface area (Å²) in [4.78, 5) is 20.1. The second kappa shape index (κ2) is 7.89. The fraction of sp³-hybridized carbons (Fsp3) is 0.263. The Morgan fingerprint density at radius 3 is 2.52 bits per heavy atom. The van der Waals surface area contributed by atoms with Crippen LogP contribution in [-0.2, 0) is 21.2 Å². The average Bonchev–Trinajstić information content (AvgIpc) is 3.11. The van der Waals surface area contributed by atoms with Crippen molar-refractivity contribution in [2.24, 2.45) is 0 Å². The van der Waals surface area contributed by atoms with Crippen molar-refractivity contribution in [2.75, 3.05) is 7.05 Å². The molecular weight excluding hydrogens is 364 g/mol. The van der Waals surface area contributed by atoms with Crippen molar-refractivity contribution in [3.8, 4) is 0 Å². The van der Waals surface area contributed by atoms with E-state index in [1.165, 1.54) is 19.2 Å². The normalized spacial score (nSPS) is 12.8. The van der Waals surface area contributed by atoms with E-state index in [0.29, 0.717) is 18.7 Å². The largest absolute Gasteiger partial charge is 0.346 e. The Balaban J connectivity index is 1.56. The van der Waals surface area contributed by atoms with Crippen LogP contribution >= 0.6 is 0 Å². The van der Waals surface area contributed by atoms with Gasteiger partial charge in [-0.05, 0) is 50.2 Å². The number of aromatic nitrogens is 2. The summed E-state index contributed by atoms with van der Waals surface area (Å²) >= 11 is 0. The molecule has 2 aromatic carbocycles. The van der Waals surface area contributed by atoms with Gasteiger partial charge in [0.25, 0.3) is 0 Å². The molecule has 7 nitrogen and oxygen atoms in total. The van der Waals surface area contributed by atoms with Gasteiger partial charge in [-0.1, -0.05) is 24.3 Å². The lowest BCUT2D eigenvalue weighted by Crippen LogP contribution is -2.27. The van der Waals surface area contributed by atoms with Crippen molar-refractivity contribution in [2.45, 2.75) is 30.7 Å². The van der Waals surface area contributed by atoms with Crippen LogP contribution in [0.1, 0.15) is 30.8 Å². The number of carbonyl (C=O) groups is 1. The molecule has 0 aliphatic carbocycles. The SMILES string of the molecule is CNS(=O)(=O)c1ccc(CCC(=O)N[C@@H](C)c2nc3ccccc3[nH]2)cc1. The zero-order chi connectivity index (χ0) is 19.4. The fourth-order valence-electron chi connectivity index (χ4n) is 2.77. The second-order valence-corrected chi connectivity index (χ2v) is 8.17. The van der Waals surface area contributed by atoms with E-state index in [9.17, 15) is 13.2 Å². The summed E-state index contributed by atoms with van der Waals surface area (Å²) in [5.74, 6) is 0.626. The number of imidazole rings is 1. The average molecular weight is 386 g/mol. The Morgan fingerprint density at radius 2 is 1.85 bits per heavy atom. The summed E-state index contributed by atoms with van der Waals surface area (Å²) in [6.07, 6.45) is 0.835. The number of H-pyrrole nitrogens is 1. The van der Waals surface area contributed by atoms with Crippen LogP contribution in [0, 0.1) is 0 Å². The molecule has 0 fully saturated rings. The van der Waals surface area contributed by atoms with E-state index in [-0.39, 0.29) is 16.8 Å². The van der Waals surface area contributed by atoms with Gasteiger partial charge in [-0.15, -0.1) is 0 Å². The molecule has 3 aromatic rings. The summed E-state index contributed by atoms with van der Waals surface area (Å²) in [5, 5.41) is 2.93. The highest BCUT2D eigenvalue weighted by Gasteiger charge is 2.14. The van der Waals surface area contributed by atoms with Gasteiger partial charge in [0.15, 0.2) is 0 Å². The Morgan fingerprint density at radius 1 is 1.15 bits per heavy atom. The first-order valence-corrected chi connectivity index (χ1v) is 10.1. The van der Waals surface area contributed by atoms with E-state index < -0.39 is 10.0 Å². The Bertz CT molecular complexity index is 1010. The number of hydrogen-bond donors (Lipinski definition) is 3. The number of para-hydroxylation sites is 2. The highest BCUT2D eigenvalue weighted by Crippen LogP contribution is 2.16.